The summed E-state index contributed by atoms with van der Waals surface area (Å²) >= 11 is 0. The van der Waals surface area contributed by atoms with Gasteiger partial charge in [-0.25, -0.2) is 9.97 Å². The Hall–Kier alpha value is -3.47. The predicted molar refractivity (Wildman–Crippen MR) is 100 cm³/mol. The van der Waals surface area contributed by atoms with Crippen molar-refractivity contribution in [3.8, 4) is 11.4 Å². The van der Waals surface area contributed by atoms with E-state index in [0.29, 0.717) is 17.9 Å². The molecule has 0 aliphatic carbocycles. The summed E-state index contributed by atoms with van der Waals surface area (Å²) in [6.07, 6.45) is 14.0. The molecule has 4 rings (SSSR count). The quantitative estimate of drug-likeness (QED) is 0.721. The summed E-state index contributed by atoms with van der Waals surface area (Å²) < 4.78 is 0. The third kappa shape index (κ3) is 3.12. The maximum absolute atomic E-state index is 6.22. The fourth-order valence-electron chi connectivity index (χ4n) is 2.82. The Kier molecular flexibility index (Phi) is 3.96. The van der Waals surface area contributed by atoms with Crippen LogP contribution in [0.1, 0.15) is 5.69 Å². The molecule has 1 aliphatic rings. The fourth-order valence-corrected chi connectivity index (χ4v) is 2.82. The molecule has 1 aliphatic heterocycles. The highest BCUT2D eigenvalue weighted by atomic mass is 14.9. The second kappa shape index (κ2) is 6.57. The molecule has 0 amide bonds. The van der Waals surface area contributed by atoms with Gasteiger partial charge in [0.05, 0.1) is 11.2 Å². The summed E-state index contributed by atoms with van der Waals surface area (Å²) in [5.41, 5.74) is 10.6. The highest BCUT2D eigenvalue weighted by molar-refractivity contribution is 5.93. The average Bonchev–Trinajstić information content (AvgIpc) is 2.91. The molecule has 2 aromatic heterocycles. The van der Waals surface area contributed by atoms with Gasteiger partial charge in [0.1, 0.15) is 0 Å². The zero-order chi connectivity index (χ0) is 17.1. The number of rotatable bonds is 3. The molecule has 0 unspecified atom stereocenters. The summed E-state index contributed by atoms with van der Waals surface area (Å²) in [5, 5.41) is 4.18. The first kappa shape index (κ1) is 15.1. The smallest absolute Gasteiger partial charge is 0.161 e. The summed E-state index contributed by atoms with van der Waals surface area (Å²) in [6.45, 7) is 0. The van der Waals surface area contributed by atoms with E-state index in [-0.39, 0.29) is 0 Å². The number of aromatic nitrogens is 3. The number of hydrogen-bond acceptors (Lipinski definition) is 5. The van der Waals surface area contributed by atoms with E-state index in [9.17, 15) is 0 Å². The first-order valence-corrected chi connectivity index (χ1v) is 8.06. The van der Waals surface area contributed by atoms with E-state index in [1.807, 2.05) is 60.8 Å². The van der Waals surface area contributed by atoms with Crippen molar-refractivity contribution >= 4 is 16.6 Å². The van der Waals surface area contributed by atoms with Crippen molar-refractivity contribution < 1.29 is 0 Å². The van der Waals surface area contributed by atoms with Crippen LogP contribution in [0, 0.1) is 0 Å². The molecule has 122 valence electrons. The van der Waals surface area contributed by atoms with Crippen molar-refractivity contribution in [2.75, 3.05) is 5.73 Å². The Morgan fingerprint density at radius 3 is 2.84 bits per heavy atom. The molecule has 0 spiro atoms. The maximum Gasteiger partial charge on any atom is 0.161 e. The van der Waals surface area contributed by atoms with Crippen molar-refractivity contribution in [3.63, 3.8) is 0 Å². The van der Waals surface area contributed by atoms with Gasteiger partial charge in [-0.1, -0.05) is 18.2 Å². The number of nitrogens with two attached hydrogens (primary N) is 1. The van der Waals surface area contributed by atoms with Crippen LogP contribution < -0.4 is 11.1 Å². The Morgan fingerprint density at radius 2 is 1.96 bits per heavy atom. The number of nitrogen functional groups attached to an aromatic ring is 1. The standard InChI is InChI=1S/C20H17N5/c21-16-8-4-9-17-19(16)18(12-15-7-2-1-3-11-23-15)25-20(24-17)14-6-5-10-22-13-14/h1-11,13,23H,12,21H2. The molecule has 0 saturated heterocycles. The molecular formula is C20H17N5. The second-order valence-electron chi connectivity index (χ2n) is 5.73. The van der Waals surface area contributed by atoms with E-state index >= 15 is 0 Å². The number of pyridine rings is 1. The molecule has 5 heteroatoms. The largest absolute Gasteiger partial charge is 0.398 e. The van der Waals surface area contributed by atoms with E-state index in [4.69, 9.17) is 10.7 Å². The zero-order valence-electron chi connectivity index (χ0n) is 13.6. The van der Waals surface area contributed by atoms with E-state index < -0.39 is 0 Å². The molecule has 1 aromatic carbocycles. The lowest BCUT2D eigenvalue weighted by molar-refractivity contribution is 0.943. The number of hydrogen-bond donors (Lipinski definition) is 2. The number of anilines is 1. The Balaban J connectivity index is 1.87. The molecular weight excluding hydrogens is 310 g/mol. The molecule has 3 aromatic rings. The van der Waals surface area contributed by atoms with Gasteiger partial charge in [0.25, 0.3) is 0 Å². The summed E-state index contributed by atoms with van der Waals surface area (Å²) in [7, 11) is 0. The molecule has 0 fully saturated rings. The van der Waals surface area contributed by atoms with Crippen molar-refractivity contribution in [1.29, 1.82) is 0 Å². The Labute approximate surface area is 145 Å². The van der Waals surface area contributed by atoms with Crippen LogP contribution in [0.25, 0.3) is 22.3 Å². The van der Waals surface area contributed by atoms with Crippen LogP contribution in [0.4, 0.5) is 5.69 Å². The number of allylic oxidation sites excluding steroid dienone is 5. The van der Waals surface area contributed by atoms with Crippen LogP contribution in [0.5, 0.6) is 0 Å². The Morgan fingerprint density at radius 1 is 1.00 bits per heavy atom. The van der Waals surface area contributed by atoms with Gasteiger partial charge in [0.15, 0.2) is 5.82 Å². The van der Waals surface area contributed by atoms with Crippen molar-refractivity contribution in [2.24, 2.45) is 0 Å². The molecule has 3 heterocycles. The molecule has 0 bridgehead atoms. The number of benzene rings is 1. The van der Waals surface area contributed by atoms with Gasteiger partial charge in [-0.05, 0) is 36.4 Å². The monoisotopic (exact) mass is 327 g/mol. The van der Waals surface area contributed by atoms with Gasteiger partial charge in [0.2, 0.25) is 0 Å². The van der Waals surface area contributed by atoms with E-state index in [1.165, 1.54) is 0 Å². The minimum atomic E-state index is 0.634. The topological polar surface area (TPSA) is 76.7 Å². The van der Waals surface area contributed by atoms with Gasteiger partial charge in [-0.2, -0.15) is 0 Å². The highest BCUT2D eigenvalue weighted by Gasteiger charge is 2.13. The summed E-state index contributed by atoms with van der Waals surface area (Å²) in [4.78, 5) is 13.6. The zero-order valence-corrected chi connectivity index (χ0v) is 13.6. The van der Waals surface area contributed by atoms with Crippen LogP contribution in [0.2, 0.25) is 0 Å². The third-order valence-corrected chi connectivity index (χ3v) is 3.99. The number of nitrogens with zero attached hydrogens (tertiary/aromatic N) is 3. The van der Waals surface area contributed by atoms with Crippen LogP contribution in [0.3, 0.4) is 0 Å². The molecule has 5 nitrogen and oxygen atoms in total. The number of nitrogens with one attached hydrogen (secondary N) is 1. The molecule has 0 saturated carbocycles. The fraction of sp³-hybridized carbons (Fsp3) is 0.0500. The van der Waals surface area contributed by atoms with Crippen molar-refractivity contribution in [1.82, 2.24) is 20.3 Å². The lowest BCUT2D eigenvalue weighted by Gasteiger charge is -2.12. The predicted octanol–water partition coefficient (Wildman–Crippen LogP) is 3.37. The Bertz CT molecular complexity index is 1000. The van der Waals surface area contributed by atoms with Gasteiger partial charge < -0.3 is 11.1 Å². The maximum atomic E-state index is 6.22. The molecule has 25 heavy (non-hydrogen) atoms. The molecule has 0 atom stereocenters. The van der Waals surface area contributed by atoms with Gasteiger partial charge in [0, 0.05) is 47.3 Å². The van der Waals surface area contributed by atoms with Crippen LogP contribution in [-0.4, -0.2) is 15.0 Å². The lowest BCUT2D eigenvalue weighted by atomic mass is 10.1. The van der Waals surface area contributed by atoms with Gasteiger partial charge >= 0.3 is 0 Å². The third-order valence-electron chi connectivity index (χ3n) is 3.99. The van der Waals surface area contributed by atoms with Crippen molar-refractivity contribution in [2.45, 2.75) is 6.42 Å². The highest BCUT2D eigenvalue weighted by Crippen LogP contribution is 2.27. The van der Waals surface area contributed by atoms with Crippen LogP contribution >= 0.6 is 0 Å². The van der Waals surface area contributed by atoms with E-state index in [0.717, 1.165) is 27.9 Å². The second-order valence-corrected chi connectivity index (χ2v) is 5.73. The SMILES string of the molecule is Nc1cccc2nc(-c3cccnc3)nc(CC3=CC=CC=CN3)c12. The first-order valence-electron chi connectivity index (χ1n) is 8.06. The average molecular weight is 327 g/mol. The molecule has 3 N–H and O–H groups in total. The lowest BCUT2D eigenvalue weighted by Crippen LogP contribution is -2.10. The van der Waals surface area contributed by atoms with Gasteiger partial charge in [-0.3, -0.25) is 4.98 Å². The van der Waals surface area contributed by atoms with E-state index in [2.05, 4.69) is 15.3 Å². The van der Waals surface area contributed by atoms with Crippen LogP contribution in [-0.2, 0) is 6.42 Å². The summed E-state index contributed by atoms with van der Waals surface area (Å²) in [6, 6.07) is 9.60. The minimum Gasteiger partial charge on any atom is -0.398 e. The number of fused-ring (bicyclic) bond motifs is 1. The first-order chi connectivity index (χ1) is 12.3. The molecule has 0 radical (unpaired) electrons. The minimum absolute atomic E-state index is 0.634. The van der Waals surface area contributed by atoms with E-state index in [1.54, 1.807) is 12.4 Å². The summed E-state index contributed by atoms with van der Waals surface area (Å²) in [5.74, 6) is 0.654. The normalized spacial score (nSPS) is 13.4. The van der Waals surface area contributed by atoms with Crippen molar-refractivity contribution in [3.05, 3.63) is 84.6 Å². The van der Waals surface area contributed by atoms with Crippen LogP contribution in [0.15, 0.2) is 78.9 Å². The van der Waals surface area contributed by atoms with Gasteiger partial charge in [-0.15, -0.1) is 0 Å².